The molecule has 2 aromatic rings. The van der Waals surface area contributed by atoms with Gasteiger partial charge in [-0.3, -0.25) is 4.98 Å². The molecule has 112 valence electrons. The summed E-state index contributed by atoms with van der Waals surface area (Å²) in [6, 6.07) is 11.0. The van der Waals surface area contributed by atoms with Gasteiger partial charge in [0.15, 0.2) is 9.84 Å². The molecule has 1 atom stereocenters. The number of hydrogen-bond donors (Lipinski definition) is 1. The second-order valence-corrected chi connectivity index (χ2v) is 7.08. The van der Waals surface area contributed by atoms with Crippen LogP contribution in [0.2, 0.25) is 0 Å². The Hall–Kier alpha value is -1.72. The first-order valence-electron chi connectivity index (χ1n) is 6.87. The van der Waals surface area contributed by atoms with Crippen LogP contribution < -0.4 is 5.32 Å². The maximum atomic E-state index is 11.5. The predicted octanol–water partition coefficient (Wildman–Crippen LogP) is 2.49. The Morgan fingerprint density at radius 2 is 1.71 bits per heavy atom. The van der Waals surface area contributed by atoms with Crippen molar-refractivity contribution in [2.45, 2.75) is 24.8 Å². The van der Waals surface area contributed by atoms with Crippen molar-refractivity contribution in [3.63, 3.8) is 0 Å². The highest BCUT2D eigenvalue weighted by Crippen LogP contribution is 2.23. The van der Waals surface area contributed by atoms with Gasteiger partial charge in [-0.2, -0.15) is 0 Å². The van der Waals surface area contributed by atoms with Crippen molar-refractivity contribution in [2.75, 3.05) is 12.8 Å². The van der Waals surface area contributed by atoms with Gasteiger partial charge in [-0.1, -0.05) is 25.1 Å². The van der Waals surface area contributed by atoms with Crippen molar-refractivity contribution in [3.05, 3.63) is 59.4 Å². The van der Waals surface area contributed by atoms with Crippen LogP contribution in [0.5, 0.6) is 0 Å². The summed E-state index contributed by atoms with van der Waals surface area (Å²) < 4.78 is 23.0. The number of nitrogens with one attached hydrogen (secondary N) is 1. The van der Waals surface area contributed by atoms with E-state index in [2.05, 4.69) is 10.3 Å². The van der Waals surface area contributed by atoms with Crippen molar-refractivity contribution in [1.82, 2.24) is 10.3 Å². The first kappa shape index (κ1) is 15.7. The minimum atomic E-state index is -3.16. The smallest absolute Gasteiger partial charge is 0.175 e. The fraction of sp³-hybridized carbons (Fsp3) is 0.312. The third-order valence-corrected chi connectivity index (χ3v) is 4.45. The van der Waals surface area contributed by atoms with Crippen LogP contribution in [0.3, 0.4) is 0 Å². The van der Waals surface area contributed by atoms with E-state index < -0.39 is 9.84 Å². The Morgan fingerprint density at radius 3 is 2.19 bits per heavy atom. The number of rotatable bonds is 5. The number of nitrogens with zero attached hydrogens (tertiary/aromatic N) is 1. The molecule has 1 aromatic heterocycles. The number of pyridine rings is 1. The molecule has 21 heavy (non-hydrogen) atoms. The first-order valence-corrected chi connectivity index (χ1v) is 8.77. The summed E-state index contributed by atoms with van der Waals surface area (Å²) in [5, 5.41) is 3.40. The maximum Gasteiger partial charge on any atom is 0.175 e. The molecule has 1 N–H and O–H groups in total. The Balaban J connectivity index is 2.36. The second kappa shape index (κ2) is 6.37. The molecular formula is C16H20N2O2S. The Bertz CT molecular complexity index is 692. The minimum absolute atomic E-state index is 0.0108. The molecule has 0 spiro atoms. The van der Waals surface area contributed by atoms with Crippen LogP contribution in [0.1, 0.15) is 29.8 Å². The van der Waals surface area contributed by atoms with Gasteiger partial charge in [0.05, 0.1) is 10.9 Å². The molecule has 0 bridgehead atoms. The zero-order valence-electron chi connectivity index (χ0n) is 12.5. The van der Waals surface area contributed by atoms with E-state index in [1.165, 1.54) is 6.26 Å². The van der Waals surface area contributed by atoms with Gasteiger partial charge in [-0.05, 0) is 42.8 Å². The summed E-state index contributed by atoms with van der Waals surface area (Å²) in [7, 11) is -3.16. The van der Waals surface area contributed by atoms with E-state index in [0.717, 1.165) is 23.4 Å². The van der Waals surface area contributed by atoms with E-state index in [1.54, 1.807) is 12.1 Å². The summed E-state index contributed by atoms with van der Waals surface area (Å²) in [4.78, 5) is 4.67. The lowest BCUT2D eigenvalue weighted by Gasteiger charge is -2.19. The van der Waals surface area contributed by atoms with Crippen LogP contribution in [0.4, 0.5) is 0 Å². The van der Waals surface area contributed by atoms with Gasteiger partial charge in [-0.25, -0.2) is 8.42 Å². The van der Waals surface area contributed by atoms with E-state index in [4.69, 9.17) is 0 Å². The van der Waals surface area contributed by atoms with Gasteiger partial charge in [0, 0.05) is 18.1 Å². The highest BCUT2D eigenvalue weighted by atomic mass is 32.2. The molecule has 0 saturated carbocycles. The lowest BCUT2D eigenvalue weighted by molar-refractivity contribution is 0.601. The van der Waals surface area contributed by atoms with Crippen molar-refractivity contribution in [3.8, 4) is 0 Å². The monoisotopic (exact) mass is 304 g/mol. The molecule has 2 rings (SSSR count). The normalized spacial score (nSPS) is 13.1. The third-order valence-electron chi connectivity index (χ3n) is 3.32. The van der Waals surface area contributed by atoms with Crippen molar-refractivity contribution in [2.24, 2.45) is 0 Å². The number of benzene rings is 1. The predicted molar refractivity (Wildman–Crippen MR) is 84.0 cm³/mol. The van der Waals surface area contributed by atoms with Crippen LogP contribution in [-0.2, 0) is 9.84 Å². The second-order valence-electron chi connectivity index (χ2n) is 5.06. The van der Waals surface area contributed by atoms with Crippen LogP contribution in [0.15, 0.2) is 47.5 Å². The summed E-state index contributed by atoms with van der Waals surface area (Å²) in [6.45, 7) is 4.80. The number of aryl methyl sites for hydroxylation is 1. The molecule has 5 heteroatoms. The third kappa shape index (κ3) is 3.89. The highest BCUT2D eigenvalue weighted by molar-refractivity contribution is 7.90. The average molecular weight is 304 g/mol. The topological polar surface area (TPSA) is 59.1 Å². The Labute approximate surface area is 126 Å². The molecule has 4 nitrogen and oxygen atoms in total. The molecule has 0 aliphatic heterocycles. The number of aromatic nitrogens is 1. The van der Waals surface area contributed by atoms with Crippen LogP contribution >= 0.6 is 0 Å². The molecule has 0 saturated heterocycles. The van der Waals surface area contributed by atoms with Crippen LogP contribution in [-0.4, -0.2) is 26.2 Å². The van der Waals surface area contributed by atoms with Crippen molar-refractivity contribution in [1.29, 1.82) is 0 Å². The molecule has 1 heterocycles. The average Bonchev–Trinajstić information content (AvgIpc) is 2.45. The quantitative estimate of drug-likeness (QED) is 0.922. The maximum absolute atomic E-state index is 11.5. The molecule has 0 radical (unpaired) electrons. The number of hydrogen-bond acceptors (Lipinski definition) is 4. The summed E-state index contributed by atoms with van der Waals surface area (Å²) >= 11 is 0. The standard InChI is InChI=1S/C16H20N2O2S/c1-4-17-16(14-6-5-12(2)18-11-14)13-7-9-15(10-8-13)21(3,19)20/h5-11,16-17H,4H2,1-3H3. The van der Waals surface area contributed by atoms with Crippen molar-refractivity contribution >= 4 is 9.84 Å². The van der Waals surface area contributed by atoms with Crippen LogP contribution in [0, 0.1) is 6.92 Å². The van der Waals surface area contributed by atoms with Gasteiger partial charge in [0.25, 0.3) is 0 Å². The lowest BCUT2D eigenvalue weighted by atomic mass is 10.00. The largest absolute Gasteiger partial charge is 0.306 e. The molecule has 0 aliphatic carbocycles. The molecule has 0 aliphatic rings. The Morgan fingerprint density at radius 1 is 1.10 bits per heavy atom. The lowest BCUT2D eigenvalue weighted by Crippen LogP contribution is -2.22. The van der Waals surface area contributed by atoms with Gasteiger partial charge >= 0.3 is 0 Å². The zero-order valence-corrected chi connectivity index (χ0v) is 13.3. The zero-order chi connectivity index (χ0) is 15.5. The van der Waals surface area contributed by atoms with E-state index in [1.807, 2.05) is 44.3 Å². The van der Waals surface area contributed by atoms with E-state index in [0.29, 0.717) is 4.90 Å². The van der Waals surface area contributed by atoms with E-state index >= 15 is 0 Å². The molecule has 1 unspecified atom stereocenters. The van der Waals surface area contributed by atoms with Gasteiger partial charge < -0.3 is 5.32 Å². The molecular weight excluding hydrogens is 284 g/mol. The van der Waals surface area contributed by atoms with Gasteiger partial charge in [0.2, 0.25) is 0 Å². The van der Waals surface area contributed by atoms with Gasteiger partial charge in [-0.15, -0.1) is 0 Å². The Kier molecular flexibility index (Phi) is 4.75. The molecule has 0 fully saturated rings. The van der Waals surface area contributed by atoms with Crippen molar-refractivity contribution < 1.29 is 8.42 Å². The fourth-order valence-corrected chi connectivity index (χ4v) is 2.82. The van der Waals surface area contributed by atoms with Gasteiger partial charge in [0.1, 0.15) is 0 Å². The molecule has 1 aromatic carbocycles. The number of sulfone groups is 1. The molecule has 0 amide bonds. The van der Waals surface area contributed by atoms with Crippen LogP contribution in [0.25, 0.3) is 0 Å². The minimum Gasteiger partial charge on any atom is -0.306 e. The fourth-order valence-electron chi connectivity index (χ4n) is 2.19. The summed E-state index contributed by atoms with van der Waals surface area (Å²) in [5.41, 5.74) is 3.06. The summed E-state index contributed by atoms with van der Waals surface area (Å²) in [6.07, 6.45) is 3.07. The first-order chi connectivity index (χ1) is 9.91. The highest BCUT2D eigenvalue weighted by Gasteiger charge is 2.14. The summed E-state index contributed by atoms with van der Waals surface area (Å²) in [5.74, 6) is 0. The van der Waals surface area contributed by atoms with E-state index in [-0.39, 0.29) is 6.04 Å². The SMILES string of the molecule is CCNC(c1ccc(S(C)(=O)=O)cc1)c1ccc(C)nc1. The van der Waals surface area contributed by atoms with E-state index in [9.17, 15) is 8.42 Å².